The molecule has 0 saturated heterocycles. The molecule has 0 N–H and O–H groups in total. The number of fused-ring (bicyclic) bond motifs is 1. The molecule has 2 nitrogen and oxygen atoms in total. The van der Waals surface area contributed by atoms with Gasteiger partial charge in [-0.25, -0.2) is 9.37 Å². The molecule has 0 saturated carbocycles. The van der Waals surface area contributed by atoms with Crippen molar-refractivity contribution >= 4 is 22.6 Å². The summed E-state index contributed by atoms with van der Waals surface area (Å²) in [6.07, 6.45) is 1.63. The van der Waals surface area contributed by atoms with Gasteiger partial charge in [-0.05, 0) is 25.5 Å². The normalized spacial score (nSPS) is 10.1. The van der Waals surface area contributed by atoms with Gasteiger partial charge >= 0.3 is 0 Å². The van der Waals surface area contributed by atoms with E-state index in [1.807, 2.05) is 20.8 Å². The maximum absolute atomic E-state index is 13.7. The molecule has 0 aliphatic heterocycles. The van der Waals surface area contributed by atoms with E-state index in [1.54, 1.807) is 23.9 Å². The Morgan fingerprint density at radius 1 is 1.44 bits per heavy atom. The summed E-state index contributed by atoms with van der Waals surface area (Å²) in [5.41, 5.74) is 1.87. The lowest BCUT2D eigenvalue weighted by molar-refractivity contribution is 0.625. The quantitative estimate of drug-likeness (QED) is 0.734. The number of hydrogen-bond acceptors (Lipinski definition) is 1. The number of benzene rings is 1. The molecule has 0 amide bonds. The monoisotopic (exact) mass is 242 g/mol. The first-order valence-electron chi connectivity index (χ1n) is 5.44. The maximum atomic E-state index is 13.7. The molecular formula is C12H16ClFN2. The van der Waals surface area contributed by atoms with Crippen molar-refractivity contribution in [2.45, 2.75) is 34.2 Å². The van der Waals surface area contributed by atoms with Gasteiger partial charge in [-0.2, -0.15) is 0 Å². The molecule has 0 aliphatic carbocycles. The van der Waals surface area contributed by atoms with Crippen LogP contribution in [0.5, 0.6) is 0 Å². The van der Waals surface area contributed by atoms with Crippen molar-refractivity contribution in [3.8, 4) is 0 Å². The van der Waals surface area contributed by atoms with Gasteiger partial charge in [-0.15, -0.1) is 0 Å². The molecule has 1 aromatic carbocycles. The van der Waals surface area contributed by atoms with Crippen molar-refractivity contribution in [3.63, 3.8) is 0 Å². The average molecular weight is 243 g/mol. The molecule has 0 atom stereocenters. The first kappa shape index (κ1) is 13.0. The van der Waals surface area contributed by atoms with Crippen LogP contribution in [0.25, 0.3) is 11.0 Å². The zero-order valence-corrected chi connectivity index (χ0v) is 10.8. The van der Waals surface area contributed by atoms with Crippen molar-refractivity contribution in [2.75, 3.05) is 0 Å². The minimum absolute atomic E-state index is 0.188. The molecule has 16 heavy (non-hydrogen) atoms. The average Bonchev–Trinajstić information content (AvgIpc) is 2.71. The van der Waals surface area contributed by atoms with Gasteiger partial charge in [0, 0.05) is 6.54 Å². The van der Waals surface area contributed by atoms with E-state index in [2.05, 4.69) is 4.98 Å². The minimum atomic E-state index is -0.374. The van der Waals surface area contributed by atoms with Gasteiger partial charge in [-0.1, -0.05) is 25.4 Å². The molecule has 0 aliphatic rings. The van der Waals surface area contributed by atoms with Crippen LogP contribution in [0.15, 0.2) is 12.4 Å². The van der Waals surface area contributed by atoms with Crippen molar-refractivity contribution in [2.24, 2.45) is 0 Å². The fraction of sp³-hybridized carbons (Fsp3) is 0.417. The number of nitrogens with zero attached hydrogens (tertiary/aromatic N) is 2. The van der Waals surface area contributed by atoms with E-state index in [9.17, 15) is 4.39 Å². The topological polar surface area (TPSA) is 17.8 Å². The largest absolute Gasteiger partial charge is 0.328 e. The molecule has 88 valence electrons. The maximum Gasteiger partial charge on any atom is 0.167 e. The first-order chi connectivity index (χ1) is 7.65. The molecule has 0 bridgehead atoms. The highest BCUT2D eigenvalue weighted by molar-refractivity contribution is 6.32. The van der Waals surface area contributed by atoms with Gasteiger partial charge in [0.25, 0.3) is 0 Å². The summed E-state index contributed by atoms with van der Waals surface area (Å²) in [6, 6.07) is 1.80. The minimum Gasteiger partial charge on any atom is -0.328 e. The van der Waals surface area contributed by atoms with E-state index in [0.717, 1.165) is 5.56 Å². The summed E-state index contributed by atoms with van der Waals surface area (Å²) in [7, 11) is 0. The molecule has 0 spiro atoms. The molecular weight excluding hydrogens is 227 g/mol. The fourth-order valence-electron chi connectivity index (χ4n) is 1.53. The summed E-state index contributed by atoms with van der Waals surface area (Å²) >= 11 is 5.83. The summed E-state index contributed by atoms with van der Waals surface area (Å²) in [4.78, 5) is 4.12. The Hall–Kier alpha value is -1.09. The van der Waals surface area contributed by atoms with Crippen molar-refractivity contribution in [1.82, 2.24) is 9.55 Å². The second kappa shape index (κ2) is 5.30. The Morgan fingerprint density at radius 2 is 2.06 bits per heavy atom. The Bertz CT molecular complexity index is 491. The van der Waals surface area contributed by atoms with Gasteiger partial charge in [-0.3, -0.25) is 0 Å². The number of imidazole rings is 1. The van der Waals surface area contributed by atoms with Crippen molar-refractivity contribution in [3.05, 3.63) is 28.8 Å². The van der Waals surface area contributed by atoms with Gasteiger partial charge in [0.15, 0.2) is 5.82 Å². The van der Waals surface area contributed by atoms with Gasteiger partial charge in [0.05, 0.1) is 16.9 Å². The molecule has 0 fully saturated rings. The highest BCUT2D eigenvalue weighted by Crippen LogP contribution is 2.27. The molecule has 4 heteroatoms. The van der Waals surface area contributed by atoms with Crippen LogP contribution in [0.3, 0.4) is 0 Å². The van der Waals surface area contributed by atoms with Crippen LogP contribution in [0.1, 0.15) is 26.3 Å². The van der Waals surface area contributed by atoms with Crippen LogP contribution < -0.4 is 0 Å². The third-order valence-corrected chi connectivity index (χ3v) is 2.77. The SMILES string of the molecule is CC.CCn1cnc2cc(C)c(Cl)c(F)c21. The van der Waals surface area contributed by atoms with Crippen molar-refractivity contribution in [1.29, 1.82) is 0 Å². The summed E-state index contributed by atoms with van der Waals surface area (Å²) in [6.45, 7) is 8.40. The van der Waals surface area contributed by atoms with Crippen LogP contribution >= 0.6 is 11.6 Å². The zero-order valence-electron chi connectivity index (χ0n) is 10.0. The van der Waals surface area contributed by atoms with Crippen LogP contribution in [0.4, 0.5) is 4.39 Å². The van der Waals surface area contributed by atoms with Crippen molar-refractivity contribution < 1.29 is 4.39 Å². The molecule has 2 aromatic rings. The first-order valence-corrected chi connectivity index (χ1v) is 5.82. The van der Waals surface area contributed by atoms with E-state index >= 15 is 0 Å². The van der Waals surface area contributed by atoms with E-state index in [1.165, 1.54) is 0 Å². The van der Waals surface area contributed by atoms with Crippen LogP contribution in [-0.2, 0) is 6.54 Å². The molecule has 0 radical (unpaired) electrons. The second-order valence-electron chi connectivity index (χ2n) is 3.22. The number of rotatable bonds is 1. The second-order valence-corrected chi connectivity index (χ2v) is 3.60. The van der Waals surface area contributed by atoms with Crippen LogP contribution in [0.2, 0.25) is 5.02 Å². The predicted molar refractivity (Wildman–Crippen MR) is 66.5 cm³/mol. The lowest BCUT2D eigenvalue weighted by Crippen LogP contribution is -1.95. The Balaban J connectivity index is 0.000000606. The Kier molecular flexibility index (Phi) is 4.30. The standard InChI is InChI=1S/C10H10ClFN2.C2H6/c1-3-14-5-13-7-4-6(2)8(11)9(12)10(7)14;1-2/h4-5H,3H2,1-2H3;1-2H3. The number of halogens is 2. The summed E-state index contributed by atoms with van der Waals surface area (Å²) < 4.78 is 15.5. The van der Waals surface area contributed by atoms with E-state index in [0.29, 0.717) is 17.6 Å². The third kappa shape index (κ3) is 2.05. The summed E-state index contributed by atoms with van der Waals surface area (Å²) in [5.74, 6) is -0.374. The van der Waals surface area contributed by atoms with Crippen LogP contribution in [0, 0.1) is 12.7 Å². The highest BCUT2D eigenvalue weighted by Gasteiger charge is 2.13. The van der Waals surface area contributed by atoms with E-state index in [-0.39, 0.29) is 10.8 Å². The van der Waals surface area contributed by atoms with Gasteiger partial charge in [0.2, 0.25) is 0 Å². The molecule has 2 rings (SSSR count). The Morgan fingerprint density at radius 3 is 2.62 bits per heavy atom. The molecule has 1 heterocycles. The van der Waals surface area contributed by atoms with E-state index in [4.69, 9.17) is 11.6 Å². The smallest absolute Gasteiger partial charge is 0.167 e. The lowest BCUT2D eigenvalue weighted by Gasteiger charge is -2.03. The number of aromatic nitrogens is 2. The number of hydrogen-bond donors (Lipinski definition) is 0. The molecule has 0 unspecified atom stereocenters. The summed E-state index contributed by atoms with van der Waals surface area (Å²) in [5, 5.41) is 0.188. The highest BCUT2D eigenvalue weighted by atomic mass is 35.5. The fourth-order valence-corrected chi connectivity index (χ4v) is 1.67. The van der Waals surface area contributed by atoms with Gasteiger partial charge in [0.1, 0.15) is 5.52 Å². The molecule has 1 aromatic heterocycles. The van der Waals surface area contributed by atoms with Gasteiger partial charge < -0.3 is 4.57 Å². The lowest BCUT2D eigenvalue weighted by atomic mass is 10.2. The zero-order chi connectivity index (χ0) is 12.3. The number of aryl methyl sites for hydroxylation is 2. The van der Waals surface area contributed by atoms with E-state index < -0.39 is 0 Å². The van der Waals surface area contributed by atoms with Crippen LogP contribution in [-0.4, -0.2) is 9.55 Å². The third-order valence-electron chi connectivity index (χ3n) is 2.31. The predicted octanol–water partition coefficient (Wildman–Crippen LogP) is 4.18. The Labute approximate surface area is 100 Å².